The lowest BCUT2D eigenvalue weighted by Crippen LogP contribution is -2.12. The van der Waals surface area contributed by atoms with Gasteiger partial charge in [-0.3, -0.25) is 4.79 Å². The molecule has 0 amide bonds. The number of hydrogen-bond acceptors (Lipinski definition) is 6. The number of ether oxygens (including phenoxy) is 4. The zero-order chi connectivity index (χ0) is 18.2. The summed E-state index contributed by atoms with van der Waals surface area (Å²) in [5.74, 6) is 0.189. The molecule has 0 bridgehead atoms. The van der Waals surface area contributed by atoms with Gasteiger partial charge in [-0.2, -0.15) is 0 Å². The third kappa shape index (κ3) is 5.24. The lowest BCUT2D eigenvalue weighted by Gasteiger charge is -2.16. The molecule has 0 atom stereocenters. The number of methoxy groups -OCH3 is 3. The van der Waals surface area contributed by atoms with Crippen molar-refractivity contribution in [2.75, 3.05) is 21.3 Å². The van der Waals surface area contributed by atoms with E-state index >= 15 is 0 Å². The van der Waals surface area contributed by atoms with Crippen LogP contribution < -0.4 is 9.47 Å². The van der Waals surface area contributed by atoms with Crippen molar-refractivity contribution in [3.05, 3.63) is 29.3 Å². The Labute approximate surface area is 147 Å². The zero-order valence-electron chi connectivity index (χ0n) is 14.9. The van der Waals surface area contributed by atoms with E-state index < -0.39 is 11.9 Å². The zero-order valence-corrected chi connectivity index (χ0v) is 14.9. The maximum absolute atomic E-state index is 11.9. The summed E-state index contributed by atoms with van der Waals surface area (Å²) in [4.78, 5) is 23.4. The summed E-state index contributed by atoms with van der Waals surface area (Å²) in [5, 5.41) is 0. The summed E-state index contributed by atoms with van der Waals surface area (Å²) in [5.41, 5.74) is 0.935. The van der Waals surface area contributed by atoms with Gasteiger partial charge in [-0.25, -0.2) is 4.79 Å². The fourth-order valence-corrected chi connectivity index (χ4v) is 2.80. The first-order chi connectivity index (χ1) is 12.1. The molecule has 0 radical (unpaired) electrons. The molecule has 1 aliphatic carbocycles. The molecular formula is C19H24O6. The number of hydrogen-bond donors (Lipinski definition) is 0. The maximum atomic E-state index is 11.9. The van der Waals surface area contributed by atoms with Gasteiger partial charge in [-0.1, -0.05) is 6.07 Å². The van der Waals surface area contributed by atoms with Crippen LogP contribution in [-0.2, 0) is 19.1 Å². The molecule has 1 fully saturated rings. The highest BCUT2D eigenvalue weighted by molar-refractivity contribution is 5.98. The fourth-order valence-electron chi connectivity index (χ4n) is 2.80. The van der Waals surface area contributed by atoms with Gasteiger partial charge in [0, 0.05) is 5.57 Å². The van der Waals surface area contributed by atoms with Crippen molar-refractivity contribution >= 4 is 18.0 Å². The van der Waals surface area contributed by atoms with Gasteiger partial charge in [0.25, 0.3) is 0 Å². The molecule has 6 nitrogen and oxygen atoms in total. The van der Waals surface area contributed by atoms with Crippen LogP contribution in [0.15, 0.2) is 23.8 Å². The average molecular weight is 348 g/mol. The Morgan fingerprint density at radius 3 is 2.40 bits per heavy atom. The molecule has 0 aliphatic heterocycles. The van der Waals surface area contributed by atoms with E-state index in [1.165, 1.54) is 14.2 Å². The lowest BCUT2D eigenvalue weighted by atomic mass is 10.1. The van der Waals surface area contributed by atoms with E-state index in [-0.39, 0.29) is 18.1 Å². The van der Waals surface area contributed by atoms with Crippen LogP contribution in [0.1, 0.15) is 37.7 Å². The summed E-state index contributed by atoms with van der Waals surface area (Å²) in [7, 11) is 4.14. The first kappa shape index (κ1) is 18.8. The van der Waals surface area contributed by atoms with E-state index in [2.05, 4.69) is 4.74 Å². The molecule has 136 valence electrons. The van der Waals surface area contributed by atoms with Crippen molar-refractivity contribution < 1.29 is 28.5 Å². The predicted molar refractivity (Wildman–Crippen MR) is 92.5 cm³/mol. The molecule has 6 heteroatoms. The smallest absolute Gasteiger partial charge is 0.334 e. The second kappa shape index (κ2) is 9.11. The monoisotopic (exact) mass is 348 g/mol. The quantitative estimate of drug-likeness (QED) is 0.557. The van der Waals surface area contributed by atoms with Gasteiger partial charge in [0.05, 0.1) is 33.9 Å². The molecule has 0 spiro atoms. The highest BCUT2D eigenvalue weighted by Gasteiger charge is 2.19. The van der Waals surface area contributed by atoms with Gasteiger partial charge >= 0.3 is 11.9 Å². The predicted octanol–water partition coefficient (Wildman–Crippen LogP) is 3.14. The van der Waals surface area contributed by atoms with E-state index in [0.29, 0.717) is 11.5 Å². The standard InChI is InChI=1S/C19H24O6/c1-22-16-9-8-13(11-17(16)25-15-6-4-5-7-15)10-14(19(21)24-3)12-18(20)23-2/h8-11,15H,4-7,12H2,1-3H3/b14-10+. The minimum absolute atomic E-state index is 0.159. The van der Waals surface area contributed by atoms with Crippen LogP contribution in [-0.4, -0.2) is 39.4 Å². The SMILES string of the molecule is COC(=O)C/C(=C\c1ccc(OC)c(OC2CCCC2)c1)C(=O)OC. The third-order valence-electron chi connectivity index (χ3n) is 4.13. The van der Waals surface area contributed by atoms with Crippen LogP contribution in [0.5, 0.6) is 11.5 Å². The highest BCUT2D eigenvalue weighted by atomic mass is 16.5. The van der Waals surface area contributed by atoms with Crippen LogP contribution >= 0.6 is 0 Å². The van der Waals surface area contributed by atoms with Crippen LogP contribution in [0.3, 0.4) is 0 Å². The van der Waals surface area contributed by atoms with E-state index in [1.54, 1.807) is 31.4 Å². The molecule has 0 aromatic heterocycles. The average Bonchev–Trinajstić information content (AvgIpc) is 3.13. The molecule has 0 heterocycles. The summed E-state index contributed by atoms with van der Waals surface area (Å²) < 4.78 is 20.8. The van der Waals surface area contributed by atoms with Crippen LogP contribution in [0.25, 0.3) is 6.08 Å². The number of carbonyl (C=O) groups excluding carboxylic acids is 2. The molecule has 2 rings (SSSR count). The molecule has 0 unspecified atom stereocenters. The molecule has 1 aromatic rings. The Kier molecular flexibility index (Phi) is 6.86. The summed E-state index contributed by atoms with van der Waals surface area (Å²) in [6, 6.07) is 5.38. The number of benzene rings is 1. The van der Waals surface area contributed by atoms with Crippen LogP contribution in [0, 0.1) is 0 Å². The van der Waals surface area contributed by atoms with Crippen LogP contribution in [0.2, 0.25) is 0 Å². The Balaban J connectivity index is 2.28. The van der Waals surface area contributed by atoms with Crippen molar-refractivity contribution in [2.45, 2.75) is 38.2 Å². The van der Waals surface area contributed by atoms with Crippen molar-refractivity contribution in [3.8, 4) is 11.5 Å². The van der Waals surface area contributed by atoms with Crippen molar-refractivity contribution in [1.29, 1.82) is 0 Å². The molecule has 1 aromatic carbocycles. The molecule has 0 N–H and O–H groups in total. The van der Waals surface area contributed by atoms with E-state index in [0.717, 1.165) is 31.2 Å². The van der Waals surface area contributed by atoms with Gasteiger partial charge in [0.15, 0.2) is 11.5 Å². The third-order valence-corrected chi connectivity index (χ3v) is 4.13. The van der Waals surface area contributed by atoms with Gasteiger partial charge in [0.2, 0.25) is 0 Å². The normalized spacial score (nSPS) is 14.9. The Morgan fingerprint density at radius 1 is 1.08 bits per heavy atom. The van der Waals surface area contributed by atoms with Gasteiger partial charge < -0.3 is 18.9 Å². The van der Waals surface area contributed by atoms with Crippen molar-refractivity contribution in [3.63, 3.8) is 0 Å². The number of rotatable bonds is 7. The van der Waals surface area contributed by atoms with Crippen LogP contribution in [0.4, 0.5) is 0 Å². The summed E-state index contributed by atoms with van der Waals surface area (Å²) >= 11 is 0. The Bertz CT molecular complexity index is 643. The number of carbonyl (C=O) groups is 2. The minimum atomic E-state index is -0.570. The summed E-state index contributed by atoms with van der Waals surface area (Å²) in [6.07, 6.45) is 6.01. The van der Waals surface area contributed by atoms with Crippen molar-refractivity contribution in [2.24, 2.45) is 0 Å². The topological polar surface area (TPSA) is 71.1 Å². The van der Waals surface area contributed by atoms with Gasteiger partial charge in [-0.05, 0) is 49.5 Å². The fraction of sp³-hybridized carbons (Fsp3) is 0.474. The lowest BCUT2D eigenvalue weighted by molar-refractivity contribution is -0.143. The van der Waals surface area contributed by atoms with Gasteiger partial charge in [0.1, 0.15) is 0 Å². The Morgan fingerprint density at radius 2 is 1.80 bits per heavy atom. The second-order valence-electron chi connectivity index (χ2n) is 5.85. The van der Waals surface area contributed by atoms with E-state index in [9.17, 15) is 9.59 Å². The molecule has 25 heavy (non-hydrogen) atoms. The van der Waals surface area contributed by atoms with Gasteiger partial charge in [-0.15, -0.1) is 0 Å². The maximum Gasteiger partial charge on any atom is 0.334 e. The summed E-state index contributed by atoms with van der Waals surface area (Å²) in [6.45, 7) is 0. The largest absolute Gasteiger partial charge is 0.493 e. The van der Waals surface area contributed by atoms with E-state index in [4.69, 9.17) is 14.2 Å². The highest BCUT2D eigenvalue weighted by Crippen LogP contribution is 2.33. The first-order valence-corrected chi connectivity index (χ1v) is 8.27. The van der Waals surface area contributed by atoms with E-state index in [1.807, 2.05) is 0 Å². The first-order valence-electron chi connectivity index (χ1n) is 8.27. The molecule has 1 aliphatic rings. The number of esters is 2. The Hall–Kier alpha value is -2.50. The molecule has 0 saturated heterocycles. The minimum Gasteiger partial charge on any atom is -0.493 e. The van der Waals surface area contributed by atoms with Crippen molar-refractivity contribution in [1.82, 2.24) is 0 Å². The molecular weight excluding hydrogens is 324 g/mol. The molecule has 1 saturated carbocycles. The second-order valence-corrected chi connectivity index (χ2v) is 5.85.